The van der Waals surface area contributed by atoms with Gasteiger partial charge in [-0.1, -0.05) is 19.9 Å². The van der Waals surface area contributed by atoms with E-state index in [0.29, 0.717) is 30.6 Å². The molecule has 0 atom stereocenters. The number of hydrogen-bond acceptors (Lipinski definition) is 3. The first-order valence-electron chi connectivity index (χ1n) is 8.22. The summed E-state index contributed by atoms with van der Waals surface area (Å²) >= 11 is 0. The molecule has 1 aromatic rings. The summed E-state index contributed by atoms with van der Waals surface area (Å²) in [6.07, 6.45) is 1.36. The maximum atomic E-state index is 12.6. The smallest absolute Gasteiger partial charge is 0.251 e. The van der Waals surface area contributed by atoms with Gasteiger partial charge in [-0.2, -0.15) is 0 Å². The number of amides is 2. The average molecular weight is 319 g/mol. The molecule has 128 valence electrons. The van der Waals surface area contributed by atoms with E-state index in [1.165, 1.54) is 0 Å². The maximum Gasteiger partial charge on any atom is 0.251 e. The van der Waals surface area contributed by atoms with E-state index in [2.05, 4.69) is 10.6 Å². The SMILES string of the molecule is CCC(CC)(CN)C(=O)Nc1ccc(C)c(C(=O)NC(C)C)c1. The zero-order valence-electron chi connectivity index (χ0n) is 14.8. The number of anilines is 1. The van der Waals surface area contributed by atoms with Crippen molar-refractivity contribution in [2.24, 2.45) is 11.1 Å². The summed E-state index contributed by atoms with van der Waals surface area (Å²) < 4.78 is 0. The van der Waals surface area contributed by atoms with Gasteiger partial charge in [0.2, 0.25) is 5.91 Å². The number of aryl methyl sites for hydroxylation is 1. The molecular weight excluding hydrogens is 290 g/mol. The van der Waals surface area contributed by atoms with Crippen LogP contribution in [0.3, 0.4) is 0 Å². The van der Waals surface area contributed by atoms with Gasteiger partial charge in [0.1, 0.15) is 0 Å². The zero-order valence-corrected chi connectivity index (χ0v) is 14.8. The van der Waals surface area contributed by atoms with Gasteiger partial charge in [0.05, 0.1) is 5.41 Å². The van der Waals surface area contributed by atoms with Crippen LogP contribution >= 0.6 is 0 Å². The Hall–Kier alpha value is -1.88. The predicted octanol–water partition coefficient (Wildman–Crippen LogP) is 2.84. The number of carbonyl (C=O) groups is 2. The summed E-state index contributed by atoms with van der Waals surface area (Å²) in [4.78, 5) is 24.8. The third kappa shape index (κ3) is 4.55. The fraction of sp³-hybridized carbons (Fsp3) is 0.556. The standard InChI is InChI=1S/C18H29N3O2/c1-6-18(7-2,11-19)17(23)21-14-9-8-13(5)15(10-14)16(22)20-12(3)4/h8-10,12H,6-7,11,19H2,1-5H3,(H,20,22)(H,21,23). The molecule has 1 aromatic carbocycles. The van der Waals surface area contributed by atoms with Crippen LogP contribution < -0.4 is 16.4 Å². The van der Waals surface area contributed by atoms with E-state index < -0.39 is 5.41 Å². The summed E-state index contributed by atoms with van der Waals surface area (Å²) in [5.41, 5.74) is 7.32. The number of carbonyl (C=O) groups excluding carboxylic acids is 2. The Balaban J connectivity index is 3.02. The van der Waals surface area contributed by atoms with Gasteiger partial charge in [0, 0.05) is 23.8 Å². The Labute approximate surface area is 139 Å². The van der Waals surface area contributed by atoms with Gasteiger partial charge >= 0.3 is 0 Å². The summed E-state index contributed by atoms with van der Waals surface area (Å²) in [6.45, 7) is 9.94. The Bertz CT molecular complexity index is 555. The number of nitrogens with one attached hydrogen (secondary N) is 2. The maximum absolute atomic E-state index is 12.6. The van der Waals surface area contributed by atoms with Crippen LogP contribution in [0.2, 0.25) is 0 Å². The zero-order chi connectivity index (χ0) is 17.6. The minimum Gasteiger partial charge on any atom is -0.350 e. The van der Waals surface area contributed by atoms with Crippen LogP contribution in [0.4, 0.5) is 5.69 Å². The second kappa shape index (κ2) is 8.11. The van der Waals surface area contributed by atoms with Gasteiger partial charge in [-0.25, -0.2) is 0 Å². The Kier molecular flexibility index (Phi) is 6.76. The lowest BCUT2D eigenvalue weighted by atomic mass is 9.81. The van der Waals surface area contributed by atoms with Crippen molar-refractivity contribution >= 4 is 17.5 Å². The molecule has 1 rings (SSSR count). The minimum absolute atomic E-state index is 0.0604. The van der Waals surface area contributed by atoms with Crippen LogP contribution in [0.25, 0.3) is 0 Å². The molecule has 0 bridgehead atoms. The number of benzene rings is 1. The van der Waals surface area contributed by atoms with Gasteiger partial charge in [0.15, 0.2) is 0 Å². The van der Waals surface area contributed by atoms with Crippen molar-refractivity contribution in [1.82, 2.24) is 5.32 Å². The lowest BCUT2D eigenvalue weighted by Crippen LogP contribution is -2.41. The largest absolute Gasteiger partial charge is 0.350 e. The van der Waals surface area contributed by atoms with Gasteiger partial charge < -0.3 is 16.4 Å². The highest BCUT2D eigenvalue weighted by atomic mass is 16.2. The highest BCUT2D eigenvalue weighted by Crippen LogP contribution is 2.27. The average Bonchev–Trinajstić information content (AvgIpc) is 2.50. The minimum atomic E-state index is -0.564. The summed E-state index contributed by atoms with van der Waals surface area (Å²) in [6, 6.07) is 5.43. The van der Waals surface area contributed by atoms with Crippen molar-refractivity contribution in [3.8, 4) is 0 Å². The molecule has 2 amide bonds. The van der Waals surface area contributed by atoms with Crippen LogP contribution in [0.1, 0.15) is 56.5 Å². The normalized spacial score (nSPS) is 11.4. The quantitative estimate of drug-likeness (QED) is 0.722. The molecule has 0 radical (unpaired) electrons. The Morgan fingerprint density at radius 2 is 1.83 bits per heavy atom. The topological polar surface area (TPSA) is 84.2 Å². The second-order valence-corrected chi connectivity index (χ2v) is 6.30. The number of hydrogen-bond donors (Lipinski definition) is 3. The number of rotatable bonds is 7. The van der Waals surface area contributed by atoms with Crippen LogP contribution in [0, 0.1) is 12.3 Å². The van der Waals surface area contributed by atoms with Crippen LogP contribution in [0.5, 0.6) is 0 Å². The molecule has 0 saturated heterocycles. The molecule has 0 aliphatic rings. The molecule has 5 nitrogen and oxygen atoms in total. The predicted molar refractivity (Wildman–Crippen MR) is 94.5 cm³/mol. The monoisotopic (exact) mass is 319 g/mol. The molecule has 0 heterocycles. The van der Waals surface area contributed by atoms with Crippen LogP contribution in [0.15, 0.2) is 18.2 Å². The van der Waals surface area contributed by atoms with E-state index in [0.717, 1.165) is 5.56 Å². The van der Waals surface area contributed by atoms with E-state index in [4.69, 9.17) is 5.73 Å². The van der Waals surface area contributed by atoms with E-state index in [1.54, 1.807) is 6.07 Å². The molecule has 0 spiro atoms. The summed E-state index contributed by atoms with van der Waals surface area (Å²) in [7, 11) is 0. The van der Waals surface area contributed by atoms with E-state index in [1.807, 2.05) is 46.8 Å². The first kappa shape index (κ1) is 19.2. The molecule has 0 aliphatic heterocycles. The molecule has 0 saturated carbocycles. The Morgan fingerprint density at radius 3 is 2.30 bits per heavy atom. The van der Waals surface area contributed by atoms with Crippen molar-refractivity contribution < 1.29 is 9.59 Å². The highest BCUT2D eigenvalue weighted by molar-refractivity contribution is 5.99. The van der Waals surface area contributed by atoms with Crippen molar-refractivity contribution in [1.29, 1.82) is 0 Å². The first-order chi connectivity index (χ1) is 10.8. The van der Waals surface area contributed by atoms with E-state index in [-0.39, 0.29) is 17.9 Å². The lowest BCUT2D eigenvalue weighted by molar-refractivity contribution is -0.125. The van der Waals surface area contributed by atoms with Crippen molar-refractivity contribution in [2.75, 3.05) is 11.9 Å². The molecular formula is C18H29N3O2. The lowest BCUT2D eigenvalue weighted by Gasteiger charge is -2.28. The third-order valence-corrected chi connectivity index (χ3v) is 4.39. The second-order valence-electron chi connectivity index (χ2n) is 6.30. The molecule has 0 aromatic heterocycles. The van der Waals surface area contributed by atoms with Gasteiger partial charge in [-0.05, 0) is 51.3 Å². The fourth-order valence-electron chi connectivity index (χ4n) is 2.50. The molecule has 4 N–H and O–H groups in total. The van der Waals surface area contributed by atoms with Crippen LogP contribution in [-0.2, 0) is 4.79 Å². The molecule has 0 fully saturated rings. The van der Waals surface area contributed by atoms with Gasteiger partial charge in [0.25, 0.3) is 5.91 Å². The van der Waals surface area contributed by atoms with E-state index >= 15 is 0 Å². The molecule has 5 heteroatoms. The molecule has 0 unspecified atom stereocenters. The van der Waals surface area contributed by atoms with Gasteiger partial charge in [-0.15, -0.1) is 0 Å². The molecule has 0 aliphatic carbocycles. The van der Waals surface area contributed by atoms with Gasteiger partial charge in [-0.3, -0.25) is 9.59 Å². The molecule has 23 heavy (non-hydrogen) atoms. The summed E-state index contributed by atoms with van der Waals surface area (Å²) in [5.74, 6) is -0.228. The van der Waals surface area contributed by atoms with Crippen LogP contribution in [-0.4, -0.2) is 24.4 Å². The van der Waals surface area contributed by atoms with Crippen molar-refractivity contribution in [2.45, 2.75) is 53.5 Å². The van der Waals surface area contributed by atoms with Crippen molar-refractivity contribution in [3.05, 3.63) is 29.3 Å². The first-order valence-corrected chi connectivity index (χ1v) is 8.22. The number of nitrogens with two attached hydrogens (primary N) is 1. The summed E-state index contributed by atoms with van der Waals surface area (Å²) in [5, 5.41) is 5.79. The third-order valence-electron chi connectivity index (χ3n) is 4.39. The van der Waals surface area contributed by atoms with E-state index in [9.17, 15) is 9.59 Å². The van der Waals surface area contributed by atoms with Crippen molar-refractivity contribution in [3.63, 3.8) is 0 Å². The highest BCUT2D eigenvalue weighted by Gasteiger charge is 2.33. The Morgan fingerprint density at radius 1 is 1.22 bits per heavy atom. The fourth-order valence-corrected chi connectivity index (χ4v) is 2.50.